The second-order valence-corrected chi connectivity index (χ2v) is 6.53. The van der Waals surface area contributed by atoms with Crippen molar-refractivity contribution in [2.24, 2.45) is 0 Å². The standard InChI is InChI=1S/C18H18N6O6/c1-22(18-21-20-14-5-3-4-6-23(14)18)17(27)11(9-19)15(25)10-7-12(24(28)29)16(26)13(8-10)30-2/h7-8,25-26H,3-6H2,1-2H3/b15-11-. The molecule has 2 N–H and O–H groups in total. The van der Waals surface area contributed by atoms with Crippen molar-refractivity contribution in [3.8, 4) is 17.6 Å². The Hall–Kier alpha value is -4.14. The molecule has 12 heteroatoms. The van der Waals surface area contributed by atoms with E-state index in [0.29, 0.717) is 6.54 Å². The third-order valence-electron chi connectivity index (χ3n) is 4.75. The van der Waals surface area contributed by atoms with Crippen molar-refractivity contribution in [3.63, 3.8) is 0 Å². The van der Waals surface area contributed by atoms with Crippen molar-refractivity contribution < 1.29 is 24.7 Å². The van der Waals surface area contributed by atoms with Gasteiger partial charge < -0.3 is 14.9 Å². The van der Waals surface area contributed by atoms with Crippen molar-refractivity contribution in [1.82, 2.24) is 14.8 Å². The molecule has 3 rings (SSSR count). The molecular formula is C18H18N6O6. The van der Waals surface area contributed by atoms with Gasteiger partial charge in [-0.15, -0.1) is 10.2 Å². The molecule has 2 aromatic rings. The van der Waals surface area contributed by atoms with Crippen LogP contribution in [0.1, 0.15) is 24.2 Å². The summed E-state index contributed by atoms with van der Waals surface area (Å²) in [6.45, 7) is 0.619. The van der Waals surface area contributed by atoms with Crippen LogP contribution in [-0.2, 0) is 17.8 Å². The molecule has 1 aliphatic rings. The number of hydrogen-bond donors (Lipinski definition) is 2. The maximum absolute atomic E-state index is 12.9. The van der Waals surface area contributed by atoms with Crippen molar-refractivity contribution in [2.75, 3.05) is 19.1 Å². The van der Waals surface area contributed by atoms with E-state index in [9.17, 15) is 30.4 Å². The fourth-order valence-electron chi connectivity index (χ4n) is 3.17. The summed E-state index contributed by atoms with van der Waals surface area (Å²) < 4.78 is 6.65. The summed E-state index contributed by atoms with van der Waals surface area (Å²) >= 11 is 0. The number of rotatable bonds is 5. The number of aliphatic hydroxyl groups is 1. The topological polar surface area (TPSA) is 168 Å². The Kier molecular flexibility index (Phi) is 5.54. The van der Waals surface area contributed by atoms with Crippen LogP contribution >= 0.6 is 0 Å². The quantitative estimate of drug-likeness (QED) is 0.243. The highest BCUT2D eigenvalue weighted by atomic mass is 16.6. The van der Waals surface area contributed by atoms with Gasteiger partial charge in [0.05, 0.1) is 12.0 Å². The lowest BCUT2D eigenvalue weighted by Gasteiger charge is -2.20. The second kappa shape index (κ2) is 8.08. The zero-order chi connectivity index (χ0) is 22.0. The Morgan fingerprint density at radius 1 is 1.40 bits per heavy atom. The van der Waals surface area contributed by atoms with Gasteiger partial charge in [-0.1, -0.05) is 0 Å². The molecule has 1 aromatic carbocycles. The Morgan fingerprint density at radius 3 is 2.77 bits per heavy atom. The van der Waals surface area contributed by atoms with Gasteiger partial charge in [-0.3, -0.25) is 24.4 Å². The zero-order valence-electron chi connectivity index (χ0n) is 16.2. The van der Waals surface area contributed by atoms with Gasteiger partial charge in [-0.2, -0.15) is 5.26 Å². The van der Waals surface area contributed by atoms with E-state index >= 15 is 0 Å². The number of aliphatic hydroxyl groups excluding tert-OH is 1. The highest BCUT2D eigenvalue weighted by molar-refractivity contribution is 6.11. The predicted octanol–water partition coefficient (Wildman–Crippen LogP) is 1.69. The molecule has 0 aliphatic carbocycles. The summed E-state index contributed by atoms with van der Waals surface area (Å²) in [6.07, 6.45) is 2.57. The molecule has 0 atom stereocenters. The number of aromatic hydroxyl groups is 1. The van der Waals surface area contributed by atoms with E-state index in [1.54, 1.807) is 10.6 Å². The number of phenols is 1. The van der Waals surface area contributed by atoms with E-state index in [1.165, 1.54) is 14.2 Å². The third kappa shape index (κ3) is 3.48. The van der Waals surface area contributed by atoms with Crippen LogP contribution in [0.5, 0.6) is 11.5 Å². The van der Waals surface area contributed by atoms with Gasteiger partial charge in [0, 0.05) is 31.6 Å². The fourth-order valence-corrected chi connectivity index (χ4v) is 3.17. The molecule has 0 saturated carbocycles. The van der Waals surface area contributed by atoms with Gasteiger partial charge in [0.15, 0.2) is 11.3 Å². The number of hydrogen-bond acceptors (Lipinski definition) is 9. The number of fused-ring (bicyclic) bond motifs is 1. The number of aromatic nitrogens is 3. The number of nitro benzene ring substituents is 1. The van der Waals surface area contributed by atoms with Crippen LogP contribution < -0.4 is 9.64 Å². The van der Waals surface area contributed by atoms with E-state index in [4.69, 9.17) is 4.74 Å². The van der Waals surface area contributed by atoms with Crippen molar-refractivity contribution in [3.05, 3.63) is 39.2 Å². The Balaban J connectivity index is 2.05. The minimum atomic E-state index is -0.878. The van der Waals surface area contributed by atoms with Crippen LogP contribution in [-0.4, -0.2) is 50.0 Å². The molecule has 0 radical (unpaired) electrons. The Labute approximate surface area is 170 Å². The summed E-state index contributed by atoms with van der Waals surface area (Å²) in [7, 11) is 2.56. The number of benzene rings is 1. The SMILES string of the molecule is COc1cc(/C(O)=C(\C#N)C(=O)N(C)c2nnc3n2CCCC3)cc([N+](=O)[O-])c1O. The molecule has 0 unspecified atom stereocenters. The molecule has 1 aliphatic heterocycles. The normalized spacial score (nSPS) is 13.6. The molecule has 156 valence electrons. The average molecular weight is 414 g/mol. The minimum Gasteiger partial charge on any atom is -0.506 e. The van der Waals surface area contributed by atoms with Crippen LogP contribution in [0.3, 0.4) is 0 Å². The summed E-state index contributed by atoms with van der Waals surface area (Å²) in [6, 6.07) is 3.56. The smallest absolute Gasteiger partial charge is 0.315 e. The molecule has 0 bridgehead atoms. The van der Waals surface area contributed by atoms with Gasteiger partial charge in [0.2, 0.25) is 11.7 Å². The van der Waals surface area contributed by atoms with E-state index in [0.717, 1.165) is 42.1 Å². The molecule has 1 amide bonds. The first-order chi connectivity index (χ1) is 14.3. The highest BCUT2D eigenvalue weighted by Gasteiger charge is 2.28. The van der Waals surface area contributed by atoms with Crippen LogP contribution in [0.2, 0.25) is 0 Å². The summed E-state index contributed by atoms with van der Waals surface area (Å²) in [5.41, 5.74) is -1.65. The first-order valence-corrected chi connectivity index (χ1v) is 8.89. The number of carbonyl (C=O) groups excluding carboxylic acids is 1. The molecule has 0 fully saturated rings. The van der Waals surface area contributed by atoms with Crippen LogP contribution in [0, 0.1) is 21.4 Å². The first kappa shape index (κ1) is 20.6. The molecule has 2 heterocycles. The number of ether oxygens (including phenoxy) is 1. The average Bonchev–Trinajstić information content (AvgIpc) is 3.17. The Bertz CT molecular complexity index is 1100. The monoisotopic (exact) mass is 414 g/mol. The number of nitro groups is 1. The van der Waals surface area contributed by atoms with Gasteiger partial charge in [-0.25, -0.2) is 0 Å². The maximum Gasteiger partial charge on any atom is 0.315 e. The number of carbonyl (C=O) groups is 1. The maximum atomic E-state index is 12.9. The molecule has 12 nitrogen and oxygen atoms in total. The lowest BCUT2D eigenvalue weighted by Crippen LogP contribution is -2.31. The second-order valence-electron chi connectivity index (χ2n) is 6.53. The summed E-state index contributed by atoms with van der Waals surface area (Å²) in [5, 5.41) is 49.2. The number of amides is 1. The Morgan fingerprint density at radius 2 is 2.13 bits per heavy atom. The van der Waals surface area contributed by atoms with Crippen LogP contribution in [0.15, 0.2) is 17.7 Å². The van der Waals surface area contributed by atoms with Crippen LogP contribution in [0.4, 0.5) is 11.6 Å². The number of methoxy groups -OCH3 is 1. The van der Waals surface area contributed by atoms with Gasteiger partial charge in [0.25, 0.3) is 5.91 Å². The number of nitrogens with zero attached hydrogens (tertiary/aromatic N) is 6. The number of nitriles is 1. The number of phenolic OH excluding ortho intramolecular Hbond substituents is 1. The molecule has 30 heavy (non-hydrogen) atoms. The first-order valence-electron chi connectivity index (χ1n) is 8.89. The van der Waals surface area contributed by atoms with Crippen molar-refractivity contribution in [1.29, 1.82) is 5.26 Å². The van der Waals surface area contributed by atoms with Crippen molar-refractivity contribution >= 4 is 23.3 Å². The number of aryl methyl sites for hydroxylation is 1. The third-order valence-corrected chi connectivity index (χ3v) is 4.75. The number of likely N-dealkylation sites (N-methyl/N-ethyl adjacent to an activating group) is 1. The summed E-state index contributed by atoms with van der Waals surface area (Å²) in [4.78, 5) is 24.3. The van der Waals surface area contributed by atoms with Crippen LogP contribution in [0.25, 0.3) is 5.76 Å². The zero-order valence-corrected chi connectivity index (χ0v) is 16.2. The lowest BCUT2D eigenvalue weighted by atomic mass is 10.1. The van der Waals surface area contributed by atoms with E-state index in [2.05, 4.69) is 10.2 Å². The largest absolute Gasteiger partial charge is 0.506 e. The van der Waals surface area contributed by atoms with Gasteiger partial charge in [-0.05, 0) is 18.9 Å². The lowest BCUT2D eigenvalue weighted by molar-refractivity contribution is -0.386. The molecule has 0 spiro atoms. The van der Waals surface area contributed by atoms with E-state index < -0.39 is 33.6 Å². The minimum absolute atomic E-state index is 0.226. The summed E-state index contributed by atoms with van der Waals surface area (Å²) in [5.74, 6) is -1.75. The van der Waals surface area contributed by atoms with E-state index in [-0.39, 0.29) is 17.3 Å². The fraction of sp³-hybridized carbons (Fsp3) is 0.333. The number of anilines is 1. The van der Waals surface area contributed by atoms with Crippen molar-refractivity contribution in [2.45, 2.75) is 25.8 Å². The molecular weight excluding hydrogens is 396 g/mol. The predicted molar refractivity (Wildman–Crippen MR) is 103 cm³/mol. The molecule has 1 aromatic heterocycles. The van der Waals surface area contributed by atoms with Gasteiger partial charge in [0.1, 0.15) is 17.7 Å². The van der Waals surface area contributed by atoms with E-state index in [1.807, 2.05) is 0 Å². The van der Waals surface area contributed by atoms with Gasteiger partial charge >= 0.3 is 5.69 Å². The molecule has 0 saturated heterocycles. The highest BCUT2D eigenvalue weighted by Crippen LogP contribution is 2.39.